The van der Waals surface area contributed by atoms with Crippen LogP contribution in [0.4, 0.5) is 4.39 Å². The van der Waals surface area contributed by atoms with Gasteiger partial charge in [0, 0.05) is 31.7 Å². The third-order valence-corrected chi connectivity index (χ3v) is 4.59. The lowest BCUT2D eigenvalue weighted by Gasteiger charge is -2.37. The van der Waals surface area contributed by atoms with Gasteiger partial charge in [-0.05, 0) is 35.9 Å². The fourth-order valence-electron chi connectivity index (χ4n) is 3.14. The Bertz CT molecular complexity index is 809. The minimum absolute atomic E-state index is 0.179. The van der Waals surface area contributed by atoms with Gasteiger partial charge < -0.3 is 9.64 Å². The molecule has 0 saturated carbocycles. The number of amides is 1. The Kier molecular flexibility index (Phi) is 5.49. The minimum Gasteiger partial charge on any atom is -0.497 e. The lowest BCUT2D eigenvalue weighted by molar-refractivity contribution is 0.0606. The van der Waals surface area contributed by atoms with Crippen LogP contribution in [0.3, 0.4) is 0 Å². The number of nitriles is 1. The largest absolute Gasteiger partial charge is 0.497 e. The molecule has 0 aliphatic carbocycles. The van der Waals surface area contributed by atoms with Gasteiger partial charge in [-0.1, -0.05) is 18.2 Å². The summed E-state index contributed by atoms with van der Waals surface area (Å²) < 4.78 is 18.5. The number of carbonyl (C=O) groups excluding carboxylic acids is 1. The molecule has 2 aromatic carbocycles. The fourth-order valence-corrected chi connectivity index (χ4v) is 3.14. The molecule has 5 nitrogen and oxygen atoms in total. The number of ether oxygens (including phenoxy) is 1. The highest BCUT2D eigenvalue weighted by molar-refractivity contribution is 5.94. The van der Waals surface area contributed by atoms with Crippen LogP contribution in [0, 0.1) is 17.1 Å². The summed E-state index contributed by atoms with van der Waals surface area (Å²) in [5.41, 5.74) is 1.25. The van der Waals surface area contributed by atoms with E-state index < -0.39 is 5.82 Å². The van der Waals surface area contributed by atoms with Crippen molar-refractivity contribution in [1.29, 1.82) is 5.26 Å². The molecule has 2 aromatic rings. The molecule has 1 heterocycles. The van der Waals surface area contributed by atoms with Crippen LogP contribution in [0.15, 0.2) is 48.5 Å². The zero-order chi connectivity index (χ0) is 18.5. The first-order valence-electron chi connectivity index (χ1n) is 8.45. The Labute approximate surface area is 152 Å². The van der Waals surface area contributed by atoms with Gasteiger partial charge in [0.2, 0.25) is 0 Å². The topological polar surface area (TPSA) is 56.6 Å². The minimum atomic E-state index is -0.418. The fraction of sp³-hybridized carbons (Fsp3) is 0.300. The molecule has 1 aliphatic rings. The number of carbonyl (C=O) groups is 1. The van der Waals surface area contributed by atoms with E-state index in [0.717, 1.165) is 11.3 Å². The van der Waals surface area contributed by atoms with E-state index in [-0.39, 0.29) is 11.9 Å². The lowest BCUT2D eigenvalue weighted by Crippen LogP contribution is -2.49. The average molecular weight is 353 g/mol. The van der Waals surface area contributed by atoms with E-state index in [0.29, 0.717) is 31.7 Å². The Morgan fingerprint density at radius 2 is 1.85 bits per heavy atom. The highest BCUT2D eigenvalue weighted by Crippen LogP contribution is 2.24. The predicted octanol–water partition coefficient (Wildman–Crippen LogP) is 2.86. The predicted molar refractivity (Wildman–Crippen MR) is 95.2 cm³/mol. The molecule has 0 bridgehead atoms. The molecule has 134 valence electrons. The Balaban J connectivity index is 1.65. The van der Waals surface area contributed by atoms with Crippen molar-refractivity contribution in [3.8, 4) is 11.8 Å². The second-order valence-corrected chi connectivity index (χ2v) is 6.14. The molecule has 1 atom stereocenters. The van der Waals surface area contributed by atoms with Crippen LogP contribution in [0.5, 0.6) is 5.75 Å². The summed E-state index contributed by atoms with van der Waals surface area (Å²) in [6.07, 6.45) is 0. The standard InChI is InChI=1S/C20H20FN3O2/c1-26-18-7-5-15(6-8-18)19(14-22)23-9-11-24(12-10-23)20(25)16-3-2-4-17(21)13-16/h2-8,13,19H,9-12H2,1H3. The maximum Gasteiger partial charge on any atom is 0.254 e. The summed E-state index contributed by atoms with van der Waals surface area (Å²) >= 11 is 0. The lowest BCUT2D eigenvalue weighted by atomic mass is 10.1. The molecule has 1 saturated heterocycles. The molecular formula is C20H20FN3O2. The summed E-state index contributed by atoms with van der Waals surface area (Å²) in [4.78, 5) is 16.3. The molecule has 0 N–H and O–H groups in total. The van der Waals surface area contributed by atoms with Gasteiger partial charge in [-0.2, -0.15) is 5.26 Å². The van der Waals surface area contributed by atoms with Gasteiger partial charge in [0.1, 0.15) is 17.6 Å². The van der Waals surface area contributed by atoms with Crippen molar-refractivity contribution in [2.75, 3.05) is 33.3 Å². The number of halogens is 1. The highest BCUT2D eigenvalue weighted by Gasteiger charge is 2.27. The highest BCUT2D eigenvalue weighted by atomic mass is 19.1. The molecule has 6 heteroatoms. The third-order valence-electron chi connectivity index (χ3n) is 4.59. The zero-order valence-corrected chi connectivity index (χ0v) is 14.6. The van der Waals surface area contributed by atoms with E-state index in [1.165, 1.54) is 18.2 Å². The van der Waals surface area contributed by atoms with Gasteiger partial charge in [0.05, 0.1) is 13.2 Å². The Hall–Kier alpha value is -2.91. The molecule has 26 heavy (non-hydrogen) atoms. The van der Waals surface area contributed by atoms with Crippen molar-refractivity contribution in [3.63, 3.8) is 0 Å². The second kappa shape index (κ2) is 7.98. The number of benzene rings is 2. The van der Waals surface area contributed by atoms with Gasteiger partial charge in [0.15, 0.2) is 0 Å². The zero-order valence-electron chi connectivity index (χ0n) is 14.6. The summed E-state index contributed by atoms with van der Waals surface area (Å²) in [7, 11) is 1.60. The van der Waals surface area contributed by atoms with Gasteiger partial charge in [-0.3, -0.25) is 9.69 Å². The first-order chi connectivity index (χ1) is 12.6. The van der Waals surface area contributed by atoms with Crippen molar-refractivity contribution < 1.29 is 13.9 Å². The number of rotatable bonds is 4. The first-order valence-corrected chi connectivity index (χ1v) is 8.45. The van der Waals surface area contributed by atoms with Gasteiger partial charge in [-0.15, -0.1) is 0 Å². The van der Waals surface area contributed by atoms with E-state index in [1.807, 2.05) is 24.3 Å². The van der Waals surface area contributed by atoms with Crippen LogP contribution in [-0.2, 0) is 0 Å². The summed E-state index contributed by atoms with van der Waals surface area (Å²) in [6.45, 7) is 2.18. The number of nitrogens with zero attached hydrogens (tertiary/aromatic N) is 3. The smallest absolute Gasteiger partial charge is 0.254 e. The number of hydrogen-bond donors (Lipinski definition) is 0. The van der Waals surface area contributed by atoms with Crippen LogP contribution >= 0.6 is 0 Å². The van der Waals surface area contributed by atoms with E-state index in [1.54, 1.807) is 18.1 Å². The summed E-state index contributed by atoms with van der Waals surface area (Å²) in [6, 6.07) is 15.1. The number of methoxy groups -OCH3 is 1. The van der Waals surface area contributed by atoms with Gasteiger partial charge in [0.25, 0.3) is 5.91 Å². The molecule has 1 fully saturated rings. The van der Waals surface area contributed by atoms with Crippen LogP contribution in [0.2, 0.25) is 0 Å². The monoisotopic (exact) mass is 353 g/mol. The van der Waals surface area contributed by atoms with E-state index in [4.69, 9.17) is 4.74 Å². The summed E-state index contributed by atoms with van der Waals surface area (Å²) in [5, 5.41) is 9.60. The van der Waals surface area contributed by atoms with Crippen molar-refractivity contribution in [2.24, 2.45) is 0 Å². The van der Waals surface area contributed by atoms with Crippen LogP contribution in [0.25, 0.3) is 0 Å². The molecule has 0 aromatic heterocycles. The molecular weight excluding hydrogens is 333 g/mol. The van der Waals surface area contributed by atoms with Crippen molar-refractivity contribution in [1.82, 2.24) is 9.80 Å². The van der Waals surface area contributed by atoms with E-state index >= 15 is 0 Å². The van der Waals surface area contributed by atoms with Crippen LogP contribution < -0.4 is 4.74 Å². The van der Waals surface area contributed by atoms with Crippen molar-refractivity contribution in [2.45, 2.75) is 6.04 Å². The maximum absolute atomic E-state index is 13.3. The number of hydrogen-bond acceptors (Lipinski definition) is 4. The Morgan fingerprint density at radius 3 is 2.42 bits per heavy atom. The van der Waals surface area contributed by atoms with Crippen LogP contribution in [0.1, 0.15) is 22.0 Å². The molecule has 1 aliphatic heterocycles. The molecule has 1 unspecified atom stereocenters. The molecule has 0 spiro atoms. The number of piperazine rings is 1. The molecule has 1 amide bonds. The normalized spacial score (nSPS) is 16.0. The van der Waals surface area contributed by atoms with E-state index in [9.17, 15) is 14.4 Å². The maximum atomic E-state index is 13.3. The summed E-state index contributed by atoms with van der Waals surface area (Å²) in [5.74, 6) is 0.150. The first kappa shape index (κ1) is 17.9. The van der Waals surface area contributed by atoms with E-state index in [2.05, 4.69) is 11.0 Å². The molecule has 0 radical (unpaired) electrons. The van der Waals surface area contributed by atoms with Crippen LogP contribution in [-0.4, -0.2) is 49.0 Å². The average Bonchev–Trinajstić information content (AvgIpc) is 2.69. The molecule has 3 rings (SSSR count). The van der Waals surface area contributed by atoms with Gasteiger partial charge in [-0.25, -0.2) is 4.39 Å². The SMILES string of the molecule is COc1ccc(C(C#N)N2CCN(C(=O)c3cccc(F)c3)CC2)cc1. The van der Waals surface area contributed by atoms with Gasteiger partial charge >= 0.3 is 0 Å². The quantitative estimate of drug-likeness (QED) is 0.848. The van der Waals surface area contributed by atoms with Crippen molar-refractivity contribution in [3.05, 3.63) is 65.5 Å². The van der Waals surface area contributed by atoms with Crippen molar-refractivity contribution >= 4 is 5.91 Å². The third kappa shape index (κ3) is 3.84. The Morgan fingerprint density at radius 1 is 1.15 bits per heavy atom. The second-order valence-electron chi connectivity index (χ2n) is 6.14.